The van der Waals surface area contributed by atoms with Crippen LogP contribution >= 0.6 is 0 Å². The first-order chi connectivity index (χ1) is 10.2. The molecule has 0 saturated heterocycles. The molecule has 0 unspecified atom stereocenters. The molecule has 0 saturated carbocycles. The van der Waals surface area contributed by atoms with Crippen LogP contribution in [0, 0.1) is 18.0 Å². The Morgan fingerprint density at radius 3 is 2.76 bits per heavy atom. The summed E-state index contributed by atoms with van der Waals surface area (Å²) in [6.07, 6.45) is 5.73. The van der Waals surface area contributed by atoms with Gasteiger partial charge in [0.25, 0.3) is 0 Å². The minimum absolute atomic E-state index is 0.618. The molecule has 1 aliphatic rings. The van der Waals surface area contributed by atoms with Crippen LogP contribution in [0.2, 0.25) is 0 Å². The molecule has 0 aliphatic heterocycles. The Hall–Kier alpha value is -2.03. The number of fused-ring (bicyclic) bond motifs is 1. The van der Waals surface area contributed by atoms with Crippen molar-refractivity contribution in [2.75, 3.05) is 7.11 Å². The SMILES string of the molecule is COc1ccc(C[C@@H]2CCc3c(cc(C)c[n+]3[O-])C2)cc1. The summed E-state index contributed by atoms with van der Waals surface area (Å²) in [6.45, 7) is 1.99. The van der Waals surface area contributed by atoms with Gasteiger partial charge in [-0.3, -0.25) is 0 Å². The highest BCUT2D eigenvalue weighted by atomic mass is 16.5. The van der Waals surface area contributed by atoms with Crippen LogP contribution < -0.4 is 9.47 Å². The number of rotatable bonds is 3. The van der Waals surface area contributed by atoms with E-state index in [1.54, 1.807) is 13.3 Å². The first-order valence-corrected chi connectivity index (χ1v) is 7.50. The molecule has 2 aromatic rings. The molecule has 0 N–H and O–H groups in total. The molecule has 0 spiro atoms. The van der Waals surface area contributed by atoms with Crippen LogP contribution in [0.4, 0.5) is 0 Å². The number of hydrogen-bond donors (Lipinski definition) is 0. The van der Waals surface area contributed by atoms with E-state index in [0.717, 1.165) is 47.4 Å². The third-order valence-electron chi connectivity index (χ3n) is 4.34. The van der Waals surface area contributed by atoms with Gasteiger partial charge in [0.15, 0.2) is 11.9 Å². The maximum atomic E-state index is 11.9. The normalized spacial score (nSPS) is 17.3. The first-order valence-electron chi connectivity index (χ1n) is 7.50. The Morgan fingerprint density at radius 2 is 2.05 bits per heavy atom. The van der Waals surface area contributed by atoms with Gasteiger partial charge in [-0.2, -0.15) is 4.73 Å². The topological polar surface area (TPSA) is 36.2 Å². The largest absolute Gasteiger partial charge is 0.618 e. The quantitative estimate of drug-likeness (QED) is 0.641. The highest BCUT2D eigenvalue weighted by Gasteiger charge is 2.24. The van der Waals surface area contributed by atoms with Crippen molar-refractivity contribution in [2.24, 2.45) is 5.92 Å². The molecule has 1 atom stereocenters. The molecular formula is C18H21NO2. The molecule has 0 amide bonds. The zero-order chi connectivity index (χ0) is 14.8. The van der Waals surface area contributed by atoms with E-state index in [-0.39, 0.29) is 0 Å². The summed E-state index contributed by atoms with van der Waals surface area (Å²) in [7, 11) is 1.69. The van der Waals surface area contributed by atoms with E-state index in [1.165, 1.54) is 11.1 Å². The van der Waals surface area contributed by atoms with Gasteiger partial charge in [0, 0.05) is 17.5 Å². The summed E-state index contributed by atoms with van der Waals surface area (Å²) in [4.78, 5) is 0. The second-order valence-corrected chi connectivity index (χ2v) is 5.98. The Kier molecular flexibility index (Phi) is 3.82. The van der Waals surface area contributed by atoms with Gasteiger partial charge < -0.3 is 9.94 Å². The Morgan fingerprint density at radius 1 is 1.29 bits per heavy atom. The zero-order valence-electron chi connectivity index (χ0n) is 12.6. The average molecular weight is 283 g/mol. The summed E-state index contributed by atoms with van der Waals surface area (Å²) >= 11 is 0. The van der Waals surface area contributed by atoms with Crippen molar-refractivity contribution in [3.8, 4) is 5.75 Å². The van der Waals surface area contributed by atoms with Gasteiger partial charge in [-0.1, -0.05) is 12.1 Å². The molecule has 21 heavy (non-hydrogen) atoms. The minimum Gasteiger partial charge on any atom is -0.618 e. The van der Waals surface area contributed by atoms with E-state index in [2.05, 4.69) is 18.2 Å². The Balaban J connectivity index is 1.73. The van der Waals surface area contributed by atoms with Crippen LogP contribution in [0.25, 0.3) is 0 Å². The van der Waals surface area contributed by atoms with Gasteiger partial charge in [-0.25, -0.2) is 0 Å². The molecule has 0 fully saturated rings. The number of methoxy groups -OCH3 is 1. The van der Waals surface area contributed by atoms with E-state index >= 15 is 0 Å². The molecule has 1 aromatic carbocycles. The highest BCUT2D eigenvalue weighted by molar-refractivity contribution is 5.29. The number of aromatic nitrogens is 1. The summed E-state index contributed by atoms with van der Waals surface area (Å²) < 4.78 is 6.26. The third-order valence-corrected chi connectivity index (χ3v) is 4.34. The predicted octanol–water partition coefficient (Wildman–Crippen LogP) is 2.98. The summed E-state index contributed by atoms with van der Waals surface area (Å²) in [5.74, 6) is 1.52. The molecule has 1 heterocycles. The van der Waals surface area contributed by atoms with Crippen molar-refractivity contribution in [3.05, 3.63) is 64.1 Å². The van der Waals surface area contributed by atoms with Crippen molar-refractivity contribution in [1.82, 2.24) is 0 Å². The lowest BCUT2D eigenvalue weighted by atomic mass is 9.82. The van der Waals surface area contributed by atoms with Crippen LogP contribution in [-0.2, 0) is 19.3 Å². The molecule has 3 rings (SSSR count). The monoisotopic (exact) mass is 283 g/mol. The van der Waals surface area contributed by atoms with Gasteiger partial charge in [0.1, 0.15) is 5.75 Å². The number of nitrogens with zero attached hydrogens (tertiary/aromatic N) is 1. The highest BCUT2D eigenvalue weighted by Crippen LogP contribution is 2.27. The lowest BCUT2D eigenvalue weighted by Crippen LogP contribution is -2.36. The fourth-order valence-corrected chi connectivity index (χ4v) is 3.27. The Bertz CT molecular complexity index is 634. The van der Waals surface area contributed by atoms with E-state index < -0.39 is 0 Å². The second kappa shape index (κ2) is 5.76. The third kappa shape index (κ3) is 3.02. The zero-order valence-corrected chi connectivity index (χ0v) is 12.6. The van der Waals surface area contributed by atoms with E-state index in [0.29, 0.717) is 5.92 Å². The average Bonchev–Trinajstić information content (AvgIpc) is 2.47. The summed E-state index contributed by atoms with van der Waals surface area (Å²) in [5.41, 5.74) is 4.59. The fraction of sp³-hybridized carbons (Fsp3) is 0.389. The van der Waals surface area contributed by atoms with Crippen molar-refractivity contribution in [2.45, 2.75) is 32.6 Å². The van der Waals surface area contributed by atoms with E-state index in [1.807, 2.05) is 19.1 Å². The van der Waals surface area contributed by atoms with Gasteiger partial charge >= 0.3 is 0 Å². The van der Waals surface area contributed by atoms with Crippen LogP contribution in [-0.4, -0.2) is 7.11 Å². The number of benzene rings is 1. The van der Waals surface area contributed by atoms with Crippen molar-refractivity contribution >= 4 is 0 Å². The fourth-order valence-electron chi connectivity index (χ4n) is 3.27. The summed E-state index contributed by atoms with van der Waals surface area (Å²) in [5, 5.41) is 11.9. The standard InChI is InChI=1S/C18H21NO2/c1-13-9-16-11-15(5-8-18(16)19(20)12-13)10-14-3-6-17(21-2)7-4-14/h3-4,6-7,9,12,15H,5,8,10-11H2,1-2H3/t15-/m0/s1. The van der Waals surface area contributed by atoms with Gasteiger partial charge in [0.2, 0.25) is 0 Å². The van der Waals surface area contributed by atoms with Crippen LogP contribution in [0.5, 0.6) is 5.75 Å². The maximum Gasteiger partial charge on any atom is 0.195 e. The van der Waals surface area contributed by atoms with Crippen molar-refractivity contribution < 1.29 is 9.47 Å². The van der Waals surface area contributed by atoms with Gasteiger partial charge in [-0.05, 0) is 55.9 Å². The smallest absolute Gasteiger partial charge is 0.195 e. The molecular weight excluding hydrogens is 262 g/mol. The summed E-state index contributed by atoms with van der Waals surface area (Å²) in [6, 6.07) is 10.5. The van der Waals surface area contributed by atoms with Gasteiger partial charge in [0.05, 0.1) is 7.11 Å². The number of hydrogen-bond acceptors (Lipinski definition) is 2. The molecule has 110 valence electrons. The molecule has 0 bridgehead atoms. The lowest BCUT2D eigenvalue weighted by Gasteiger charge is -2.23. The Labute approximate surface area is 125 Å². The molecule has 1 aliphatic carbocycles. The molecule has 3 nitrogen and oxygen atoms in total. The van der Waals surface area contributed by atoms with Crippen LogP contribution in [0.15, 0.2) is 36.5 Å². The van der Waals surface area contributed by atoms with Crippen LogP contribution in [0.3, 0.4) is 0 Å². The lowest BCUT2D eigenvalue weighted by molar-refractivity contribution is -0.615. The number of ether oxygens (including phenoxy) is 1. The van der Waals surface area contributed by atoms with Crippen molar-refractivity contribution in [3.63, 3.8) is 0 Å². The number of pyridine rings is 1. The van der Waals surface area contributed by atoms with E-state index in [9.17, 15) is 5.21 Å². The van der Waals surface area contributed by atoms with Gasteiger partial charge in [-0.15, -0.1) is 0 Å². The predicted molar refractivity (Wildman–Crippen MR) is 82.4 cm³/mol. The molecule has 3 heteroatoms. The van der Waals surface area contributed by atoms with Crippen LogP contribution in [0.1, 0.15) is 28.8 Å². The second-order valence-electron chi connectivity index (χ2n) is 5.98. The maximum absolute atomic E-state index is 11.9. The molecule has 1 aromatic heterocycles. The van der Waals surface area contributed by atoms with Crippen molar-refractivity contribution in [1.29, 1.82) is 0 Å². The van der Waals surface area contributed by atoms with E-state index in [4.69, 9.17) is 4.74 Å². The number of aryl methyl sites for hydroxylation is 1. The molecule has 0 radical (unpaired) electrons. The minimum atomic E-state index is 0.618. The first kappa shape index (κ1) is 13.9.